The molecule has 5 aliphatic rings. The second-order valence-electron chi connectivity index (χ2n) is 11.5. The van der Waals surface area contributed by atoms with Gasteiger partial charge in [0.15, 0.2) is 0 Å². The highest BCUT2D eigenvalue weighted by molar-refractivity contribution is 5.76. The highest BCUT2D eigenvalue weighted by Crippen LogP contribution is 2.70. The zero-order chi connectivity index (χ0) is 21.2. The summed E-state index contributed by atoms with van der Waals surface area (Å²) in [5.41, 5.74) is 1.65. The summed E-state index contributed by atoms with van der Waals surface area (Å²) in [6.45, 7) is 7.84. The summed E-state index contributed by atoms with van der Waals surface area (Å²) in [6.07, 6.45) is 8.70. The third kappa shape index (κ3) is 3.12. The van der Waals surface area contributed by atoms with Crippen LogP contribution in [0.2, 0.25) is 0 Å². The lowest BCUT2D eigenvalue weighted by molar-refractivity contribution is -0.146. The molecular weight excluding hydrogens is 386 g/mol. The Labute approximate surface area is 186 Å². The van der Waals surface area contributed by atoms with Crippen LogP contribution in [0, 0.1) is 29.1 Å². The number of fused-ring (bicyclic) bond motifs is 2. The lowest BCUT2D eigenvalue weighted by Gasteiger charge is -2.49. The number of nitrogens with zero attached hydrogens (tertiary/aromatic N) is 1. The van der Waals surface area contributed by atoms with E-state index in [2.05, 4.69) is 49.1 Å². The van der Waals surface area contributed by atoms with Crippen molar-refractivity contribution in [3.05, 3.63) is 35.9 Å². The molecule has 3 aliphatic heterocycles. The maximum absolute atomic E-state index is 13.0. The molecule has 0 amide bonds. The van der Waals surface area contributed by atoms with Gasteiger partial charge in [-0.1, -0.05) is 50.6 Å². The Morgan fingerprint density at radius 3 is 2.68 bits per heavy atom. The van der Waals surface area contributed by atoms with Crippen LogP contribution in [0.4, 0.5) is 0 Å². The van der Waals surface area contributed by atoms with Crippen LogP contribution >= 0.6 is 0 Å². The van der Waals surface area contributed by atoms with Crippen LogP contribution < -0.4 is 0 Å². The first-order chi connectivity index (χ1) is 15.0. The number of epoxide rings is 1. The predicted octanol–water partition coefficient (Wildman–Crippen LogP) is 4.47. The van der Waals surface area contributed by atoms with Crippen LogP contribution in [0.5, 0.6) is 0 Å². The Bertz CT molecular complexity index is 834. The van der Waals surface area contributed by atoms with Crippen molar-refractivity contribution in [2.45, 2.75) is 76.6 Å². The monoisotopic (exact) mass is 423 g/mol. The second-order valence-corrected chi connectivity index (χ2v) is 11.5. The third-order valence-corrected chi connectivity index (χ3v) is 9.72. The van der Waals surface area contributed by atoms with E-state index in [9.17, 15) is 4.79 Å². The highest BCUT2D eigenvalue weighted by atomic mass is 16.6. The molecule has 1 aromatic rings. The van der Waals surface area contributed by atoms with Crippen LogP contribution in [-0.2, 0) is 20.7 Å². The molecule has 0 unspecified atom stereocenters. The Morgan fingerprint density at radius 2 is 1.90 bits per heavy atom. The second kappa shape index (κ2) is 7.31. The number of carbonyl (C=O) groups excluding carboxylic acids is 1. The summed E-state index contributed by atoms with van der Waals surface area (Å²) in [4.78, 5) is 15.5. The van der Waals surface area contributed by atoms with E-state index in [0.717, 1.165) is 32.0 Å². The molecule has 4 heteroatoms. The maximum atomic E-state index is 13.0. The summed E-state index contributed by atoms with van der Waals surface area (Å²) in [6, 6.07) is 10.9. The Hall–Kier alpha value is -1.39. The highest BCUT2D eigenvalue weighted by Gasteiger charge is 2.78. The van der Waals surface area contributed by atoms with Crippen molar-refractivity contribution in [1.29, 1.82) is 0 Å². The van der Waals surface area contributed by atoms with Crippen molar-refractivity contribution in [1.82, 2.24) is 4.90 Å². The van der Waals surface area contributed by atoms with Crippen LogP contribution in [0.15, 0.2) is 30.3 Å². The number of ether oxygens (including phenoxy) is 2. The van der Waals surface area contributed by atoms with E-state index in [4.69, 9.17) is 9.47 Å². The molecule has 6 rings (SSSR count). The van der Waals surface area contributed by atoms with E-state index in [1.807, 2.05) is 0 Å². The third-order valence-electron chi connectivity index (χ3n) is 9.72. The van der Waals surface area contributed by atoms with Gasteiger partial charge in [-0.05, 0) is 69.0 Å². The Balaban J connectivity index is 1.11. The number of likely N-dealkylation sites (tertiary alicyclic amines) is 1. The molecule has 1 aromatic carbocycles. The Kier molecular flexibility index (Phi) is 4.77. The molecule has 4 nitrogen and oxygen atoms in total. The molecule has 0 bridgehead atoms. The molecule has 3 saturated heterocycles. The summed E-state index contributed by atoms with van der Waals surface area (Å²) in [7, 11) is 0. The molecule has 5 fully saturated rings. The number of piperidine rings is 1. The van der Waals surface area contributed by atoms with Crippen molar-refractivity contribution >= 4 is 5.97 Å². The maximum Gasteiger partial charge on any atom is 0.311 e. The molecule has 31 heavy (non-hydrogen) atoms. The minimum atomic E-state index is -0.00118. The molecule has 2 saturated carbocycles. The van der Waals surface area contributed by atoms with Crippen molar-refractivity contribution in [2.24, 2.45) is 29.1 Å². The average Bonchev–Trinajstić information content (AvgIpc) is 3.45. The van der Waals surface area contributed by atoms with Crippen LogP contribution in [0.1, 0.15) is 57.9 Å². The van der Waals surface area contributed by atoms with Gasteiger partial charge in [0.05, 0.1) is 12.0 Å². The van der Waals surface area contributed by atoms with Crippen molar-refractivity contribution in [2.75, 3.05) is 19.6 Å². The average molecular weight is 424 g/mol. The van der Waals surface area contributed by atoms with Gasteiger partial charge >= 0.3 is 5.97 Å². The summed E-state index contributed by atoms with van der Waals surface area (Å²) in [5, 5.41) is 0. The summed E-state index contributed by atoms with van der Waals surface area (Å²) in [5.74, 6) is 1.67. The molecule has 168 valence electrons. The smallest absolute Gasteiger partial charge is 0.311 e. The van der Waals surface area contributed by atoms with Gasteiger partial charge in [-0.25, -0.2) is 0 Å². The fourth-order valence-corrected chi connectivity index (χ4v) is 8.04. The van der Waals surface area contributed by atoms with E-state index in [1.54, 1.807) is 0 Å². The van der Waals surface area contributed by atoms with E-state index < -0.39 is 0 Å². The quantitative estimate of drug-likeness (QED) is 0.529. The first kappa shape index (κ1) is 20.2. The Morgan fingerprint density at radius 1 is 1.13 bits per heavy atom. The molecule has 3 heterocycles. The van der Waals surface area contributed by atoms with E-state index in [0.29, 0.717) is 5.92 Å². The van der Waals surface area contributed by atoms with Gasteiger partial charge in [0, 0.05) is 17.9 Å². The van der Waals surface area contributed by atoms with Gasteiger partial charge < -0.3 is 14.4 Å². The standard InChI is InChI=1S/C27H37NO3/c1-18-7-6-12-26(2)16-22-23(24-27(18,26)31-24)21(25(29)30-22)17-28-13-10-20(11-14-28)15-19-8-4-3-5-9-19/h3-5,8-9,18,20-24H,6-7,10-17H2,1-2H3/t18-,21-,22-,23+,24-,26+,27+/m1/s1. The van der Waals surface area contributed by atoms with Gasteiger partial charge in [-0.2, -0.15) is 0 Å². The van der Waals surface area contributed by atoms with Crippen molar-refractivity contribution < 1.29 is 14.3 Å². The number of esters is 1. The molecule has 7 atom stereocenters. The van der Waals surface area contributed by atoms with Gasteiger partial charge in [0.25, 0.3) is 0 Å². The lowest BCUT2D eigenvalue weighted by atomic mass is 9.53. The predicted molar refractivity (Wildman–Crippen MR) is 120 cm³/mol. The number of carbonyl (C=O) groups is 1. The van der Waals surface area contributed by atoms with E-state index in [-0.39, 0.29) is 41.0 Å². The van der Waals surface area contributed by atoms with Crippen molar-refractivity contribution in [3.8, 4) is 0 Å². The molecule has 0 aromatic heterocycles. The van der Waals surface area contributed by atoms with Crippen LogP contribution in [-0.4, -0.2) is 48.3 Å². The minimum Gasteiger partial charge on any atom is -0.462 e. The fourth-order valence-electron chi connectivity index (χ4n) is 8.04. The normalized spacial score (nSPS) is 44.8. The number of rotatable bonds is 4. The zero-order valence-electron chi connectivity index (χ0n) is 19.1. The fraction of sp³-hybridized carbons (Fsp3) is 0.741. The van der Waals surface area contributed by atoms with Gasteiger partial charge in [0.2, 0.25) is 0 Å². The number of hydrogen-bond acceptors (Lipinski definition) is 4. The van der Waals surface area contributed by atoms with Crippen LogP contribution in [0.25, 0.3) is 0 Å². The molecular formula is C27H37NO3. The first-order valence-electron chi connectivity index (χ1n) is 12.6. The SMILES string of the molecule is C[C@@H]1CCC[C@@]2(C)C[C@H]3OC(=O)[C@H](CN4CCC(Cc5ccccc5)CC4)[C@@H]3[C@H]3O[C@@]132. The zero-order valence-corrected chi connectivity index (χ0v) is 19.1. The number of benzene rings is 1. The van der Waals surface area contributed by atoms with E-state index >= 15 is 0 Å². The summed E-state index contributed by atoms with van der Waals surface area (Å²) >= 11 is 0. The number of hydrogen-bond donors (Lipinski definition) is 0. The molecule has 1 spiro atoms. The molecule has 2 aliphatic carbocycles. The first-order valence-corrected chi connectivity index (χ1v) is 12.6. The van der Waals surface area contributed by atoms with Gasteiger partial charge in [-0.3, -0.25) is 4.79 Å². The molecule has 0 N–H and O–H groups in total. The minimum absolute atomic E-state index is 0.00118. The van der Waals surface area contributed by atoms with Gasteiger partial charge in [0.1, 0.15) is 11.7 Å². The summed E-state index contributed by atoms with van der Waals surface area (Å²) < 4.78 is 12.6. The van der Waals surface area contributed by atoms with Crippen molar-refractivity contribution in [3.63, 3.8) is 0 Å². The molecule has 0 radical (unpaired) electrons. The van der Waals surface area contributed by atoms with Gasteiger partial charge in [-0.15, -0.1) is 0 Å². The van der Waals surface area contributed by atoms with Crippen LogP contribution in [0.3, 0.4) is 0 Å². The lowest BCUT2D eigenvalue weighted by Crippen LogP contribution is -2.54. The largest absolute Gasteiger partial charge is 0.462 e. The van der Waals surface area contributed by atoms with E-state index in [1.165, 1.54) is 44.1 Å². The topological polar surface area (TPSA) is 42.1 Å².